The summed E-state index contributed by atoms with van der Waals surface area (Å²) in [5.74, 6) is 1.58. The van der Waals surface area contributed by atoms with E-state index in [-0.39, 0.29) is 0 Å². The van der Waals surface area contributed by atoms with Gasteiger partial charge in [0.15, 0.2) is 0 Å². The molecule has 0 heterocycles. The minimum Gasteiger partial charge on any atom is -0.508 e. The monoisotopic (exact) mass is 268 g/mol. The Bertz CT molecular complexity index is 558. The molecule has 0 spiro atoms. The van der Waals surface area contributed by atoms with Crippen LogP contribution in [0.15, 0.2) is 61.2 Å². The normalized spacial score (nSPS) is 11.8. The molecule has 0 radical (unpaired) electrons. The maximum atomic E-state index is 9.49. The van der Waals surface area contributed by atoms with E-state index in [1.165, 1.54) is 5.56 Å². The van der Waals surface area contributed by atoms with Crippen LogP contribution in [0.4, 0.5) is 0 Å². The fraction of sp³-hybridized carbons (Fsp3) is 0.222. The number of hydrogen-bond acceptors (Lipinski definition) is 2. The van der Waals surface area contributed by atoms with Gasteiger partial charge in [-0.3, -0.25) is 0 Å². The molecule has 1 N–H and O–H groups in total. The molecule has 0 aliphatic rings. The van der Waals surface area contributed by atoms with Crippen LogP contribution in [0.1, 0.15) is 24.0 Å². The lowest BCUT2D eigenvalue weighted by molar-refractivity contribution is 0.363. The first-order valence-electron chi connectivity index (χ1n) is 6.80. The van der Waals surface area contributed by atoms with E-state index in [2.05, 4.69) is 25.6 Å². The van der Waals surface area contributed by atoms with Gasteiger partial charge in [-0.05, 0) is 47.7 Å². The van der Waals surface area contributed by atoms with Crippen LogP contribution in [-0.2, 0) is 6.42 Å². The largest absolute Gasteiger partial charge is 0.508 e. The molecule has 0 aliphatic carbocycles. The average Bonchev–Trinajstić information content (AvgIpc) is 2.45. The molecule has 0 saturated carbocycles. The molecule has 0 saturated heterocycles. The number of hydrogen-bond donors (Lipinski definition) is 1. The van der Waals surface area contributed by atoms with Crippen molar-refractivity contribution in [2.75, 3.05) is 6.61 Å². The maximum absolute atomic E-state index is 9.49. The molecule has 0 aromatic heterocycles. The Morgan fingerprint density at radius 3 is 2.60 bits per heavy atom. The second-order valence-corrected chi connectivity index (χ2v) is 4.94. The quantitative estimate of drug-likeness (QED) is 0.791. The summed E-state index contributed by atoms with van der Waals surface area (Å²) in [4.78, 5) is 0. The minimum absolute atomic E-state index is 0.322. The van der Waals surface area contributed by atoms with Gasteiger partial charge in [-0.2, -0.15) is 0 Å². The summed E-state index contributed by atoms with van der Waals surface area (Å²) in [5.41, 5.74) is 2.41. The van der Waals surface area contributed by atoms with Crippen molar-refractivity contribution in [3.63, 3.8) is 0 Å². The Hall–Kier alpha value is -2.22. The number of phenolic OH excluding ortho intramolecular Hbond substituents is 1. The topological polar surface area (TPSA) is 29.5 Å². The van der Waals surface area contributed by atoms with Crippen LogP contribution in [0.3, 0.4) is 0 Å². The first kappa shape index (κ1) is 14.2. The number of phenols is 1. The molecule has 20 heavy (non-hydrogen) atoms. The number of ether oxygens (including phenoxy) is 1. The molecule has 2 rings (SSSR count). The fourth-order valence-electron chi connectivity index (χ4n) is 2.20. The van der Waals surface area contributed by atoms with Gasteiger partial charge in [0.1, 0.15) is 18.1 Å². The molecule has 1 unspecified atom stereocenters. The van der Waals surface area contributed by atoms with Gasteiger partial charge in [0.25, 0.3) is 0 Å². The maximum Gasteiger partial charge on any atom is 0.119 e. The lowest BCUT2D eigenvalue weighted by Crippen LogP contribution is -1.99. The average molecular weight is 268 g/mol. The van der Waals surface area contributed by atoms with Crippen molar-refractivity contribution in [1.29, 1.82) is 0 Å². The van der Waals surface area contributed by atoms with E-state index >= 15 is 0 Å². The van der Waals surface area contributed by atoms with Gasteiger partial charge < -0.3 is 9.84 Å². The van der Waals surface area contributed by atoms with Crippen LogP contribution >= 0.6 is 0 Å². The standard InChI is InChI=1S/C18H20O2/c1-3-11-20-18-9-7-16(8-10-18)14(2)12-15-5-4-6-17(19)13-15/h3-10,13-14,19H,1,11-12H2,2H3. The third kappa shape index (κ3) is 3.89. The van der Waals surface area contributed by atoms with Crippen LogP contribution in [0.2, 0.25) is 0 Å². The Kier molecular flexibility index (Phi) is 4.83. The Labute approximate surface area is 120 Å². The molecule has 2 aromatic carbocycles. The van der Waals surface area contributed by atoms with Gasteiger partial charge in [-0.25, -0.2) is 0 Å². The van der Waals surface area contributed by atoms with E-state index in [1.807, 2.05) is 30.3 Å². The van der Waals surface area contributed by atoms with Gasteiger partial charge in [0.05, 0.1) is 0 Å². The van der Waals surface area contributed by atoms with E-state index in [0.29, 0.717) is 18.3 Å². The summed E-state index contributed by atoms with van der Waals surface area (Å²) < 4.78 is 5.47. The Balaban J connectivity index is 2.01. The van der Waals surface area contributed by atoms with E-state index in [4.69, 9.17) is 4.74 Å². The van der Waals surface area contributed by atoms with E-state index < -0.39 is 0 Å². The zero-order valence-electron chi connectivity index (χ0n) is 11.8. The number of rotatable bonds is 6. The van der Waals surface area contributed by atoms with Crippen LogP contribution < -0.4 is 4.74 Å². The summed E-state index contributed by atoms with van der Waals surface area (Å²) in [6.45, 7) is 6.34. The fourth-order valence-corrected chi connectivity index (χ4v) is 2.20. The van der Waals surface area contributed by atoms with E-state index in [9.17, 15) is 5.11 Å². The Morgan fingerprint density at radius 2 is 1.95 bits per heavy atom. The molecule has 2 aromatic rings. The van der Waals surface area contributed by atoms with E-state index in [1.54, 1.807) is 12.1 Å². The second-order valence-electron chi connectivity index (χ2n) is 4.94. The molecular formula is C18H20O2. The van der Waals surface area contributed by atoms with Crippen molar-refractivity contribution in [3.05, 3.63) is 72.3 Å². The van der Waals surface area contributed by atoms with Crippen molar-refractivity contribution in [2.45, 2.75) is 19.3 Å². The van der Waals surface area contributed by atoms with Crippen molar-refractivity contribution < 1.29 is 9.84 Å². The third-order valence-electron chi connectivity index (χ3n) is 3.27. The molecular weight excluding hydrogens is 248 g/mol. The van der Waals surface area contributed by atoms with Gasteiger partial charge in [-0.15, -0.1) is 0 Å². The van der Waals surface area contributed by atoms with Gasteiger partial charge in [0, 0.05) is 0 Å². The van der Waals surface area contributed by atoms with Crippen LogP contribution in [0.25, 0.3) is 0 Å². The molecule has 0 amide bonds. The van der Waals surface area contributed by atoms with Crippen molar-refractivity contribution >= 4 is 0 Å². The van der Waals surface area contributed by atoms with Crippen LogP contribution in [-0.4, -0.2) is 11.7 Å². The van der Waals surface area contributed by atoms with Crippen molar-refractivity contribution in [3.8, 4) is 11.5 Å². The van der Waals surface area contributed by atoms with Crippen molar-refractivity contribution in [1.82, 2.24) is 0 Å². The molecule has 0 aliphatic heterocycles. The van der Waals surface area contributed by atoms with Gasteiger partial charge >= 0.3 is 0 Å². The molecule has 1 atom stereocenters. The molecule has 0 fully saturated rings. The lowest BCUT2D eigenvalue weighted by atomic mass is 9.94. The zero-order chi connectivity index (χ0) is 14.4. The summed E-state index contributed by atoms with van der Waals surface area (Å²) in [5, 5.41) is 9.49. The number of aromatic hydroxyl groups is 1. The summed E-state index contributed by atoms with van der Waals surface area (Å²) in [7, 11) is 0. The predicted octanol–water partition coefficient (Wildman–Crippen LogP) is 4.30. The molecule has 0 bridgehead atoms. The minimum atomic E-state index is 0.322. The van der Waals surface area contributed by atoms with Crippen LogP contribution in [0, 0.1) is 0 Å². The Morgan fingerprint density at radius 1 is 1.20 bits per heavy atom. The van der Waals surface area contributed by atoms with Crippen LogP contribution in [0.5, 0.6) is 11.5 Å². The highest BCUT2D eigenvalue weighted by Gasteiger charge is 2.07. The summed E-state index contributed by atoms with van der Waals surface area (Å²) >= 11 is 0. The molecule has 2 nitrogen and oxygen atoms in total. The van der Waals surface area contributed by atoms with Gasteiger partial charge in [-0.1, -0.05) is 43.8 Å². The number of benzene rings is 2. The second kappa shape index (κ2) is 6.80. The third-order valence-corrected chi connectivity index (χ3v) is 3.27. The first-order chi connectivity index (χ1) is 9.69. The summed E-state index contributed by atoms with van der Waals surface area (Å²) in [6.07, 6.45) is 2.64. The zero-order valence-corrected chi connectivity index (χ0v) is 11.8. The van der Waals surface area contributed by atoms with E-state index in [0.717, 1.165) is 17.7 Å². The lowest BCUT2D eigenvalue weighted by Gasteiger charge is -2.13. The highest BCUT2D eigenvalue weighted by atomic mass is 16.5. The molecule has 2 heteroatoms. The first-order valence-corrected chi connectivity index (χ1v) is 6.80. The SMILES string of the molecule is C=CCOc1ccc(C(C)Cc2cccc(O)c2)cc1. The smallest absolute Gasteiger partial charge is 0.119 e. The highest BCUT2D eigenvalue weighted by molar-refractivity contribution is 5.32. The van der Waals surface area contributed by atoms with Crippen molar-refractivity contribution in [2.24, 2.45) is 0 Å². The van der Waals surface area contributed by atoms with Gasteiger partial charge in [0.2, 0.25) is 0 Å². The highest BCUT2D eigenvalue weighted by Crippen LogP contribution is 2.24. The molecule has 104 valence electrons. The predicted molar refractivity (Wildman–Crippen MR) is 82.4 cm³/mol. The summed E-state index contributed by atoms with van der Waals surface area (Å²) in [6, 6.07) is 15.6.